The molecule has 0 unspecified atom stereocenters. The fraction of sp³-hybridized carbons (Fsp3) is 0.150. The van der Waals surface area contributed by atoms with Gasteiger partial charge in [0.15, 0.2) is 0 Å². The molecule has 26 heavy (non-hydrogen) atoms. The van der Waals surface area contributed by atoms with Gasteiger partial charge < -0.3 is 16.4 Å². The first-order chi connectivity index (χ1) is 12.6. The van der Waals surface area contributed by atoms with Crippen LogP contribution in [-0.2, 0) is 0 Å². The molecule has 0 spiro atoms. The average molecular weight is 347 g/mol. The summed E-state index contributed by atoms with van der Waals surface area (Å²) in [6.45, 7) is 4.46. The number of aromatic nitrogens is 2. The van der Waals surface area contributed by atoms with Gasteiger partial charge in [0, 0.05) is 35.2 Å². The predicted octanol–water partition coefficient (Wildman–Crippen LogP) is 3.53. The quantitative estimate of drug-likeness (QED) is 0.614. The highest BCUT2D eigenvalue weighted by Crippen LogP contribution is 2.26. The number of nitrogens with two attached hydrogens (primary N) is 1. The van der Waals surface area contributed by atoms with Crippen LogP contribution in [0.1, 0.15) is 22.8 Å². The van der Waals surface area contributed by atoms with Crippen LogP contribution in [0.3, 0.4) is 0 Å². The minimum Gasteiger partial charge on any atom is -0.398 e. The monoisotopic (exact) mass is 347 g/mol. The van der Waals surface area contributed by atoms with Crippen molar-refractivity contribution < 1.29 is 4.79 Å². The molecule has 2 aromatic carbocycles. The molecule has 0 saturated carbocycles. The number of rotatable bonds is 5. The van der Waals surface area contributed by atoms with Gasteiger partial charge >= 0.3 is 0 Å². The maximum absolute atomic E-state index is 11.8. The van der Waals surface area contributed by atoms with E-state index in [4.69, 9.17) is 5.73 Å². The smallest absolute Gasteiger partial charge is 0.251 e. The van der Waals surface area contributed by atoms with Crippen molar-refractivity contribution in [1.29, 1.82) is 0 Å². The molecule has 0 aliphatic heterocycles. The van der Waals surface area contributed by atoms with Crippen molar-refractivity contribution in [1.82, 2.24) is 15.3 Å². The number of nitrogens with one attached hydrogen (secondary N) is 2. The van der Waals surface area contributed by atoms with Crippen molar-refractivity contribution in [3.05, 3.63) is 65.9 Å². The molecule has 0 fully saturated rings. The molecular weight excluding hydrogens is 326 g/mol. The Labute approximate surface area is 152 Å². The first kappa shape index (κ1) is 17.4. The summed E-state index contributed by atoms with van der Waals surface area (Å²) < 4.78 is 0. The van der Waals surface area contributed by atoms with Gasteiger partial charge in [-0.2, -0.15) is 0 Å². The molecule has 3 aromatic rings. The molecule has 0 bridgehead atoms. The van der Waals surface area contributed by atoms with Gasteiger partial charge in [-0.15, -0.1) is 0 Å². The Morgan fingerprint density at radius 1 is 1.12 bits per heavy atom. The average Bonchev–Trinajstić information content (AvgIpc) is 2.65. The Bertz CT molecular complexity index is 922. The second kappa shape index (κ2) is 7.65. The number of anilines is 3. The minimum absolute atomic E-state index is 0.0885. The standard InChI is InChI=1S/C20H21N5O/c1-3-22-19(26)14-7-9-15(10-8-14)24-20-23-12-11-18(25-20)16-5-4-6-17(21)13(16)2/h4-12H,3,21H2,1-2H3,(H,22,26)(H,23,24,25). The molecule has 0 aliphatic rings. The highest BCUT2D eigenvalue weighted by Gasteiger charge is 2.08. The van der Waals surface area contributed by atoms with Crippen LogP contribution < -0.4 is 16.4 Å². The highest BCUT2D eigenvalue weighted by atomic mass is 16.1. The number of nitrogen functional groups attached to an aromatic ring is 1. The number of carbonyl (C=O) groups is 1. The summed E-state index contributed by atoms with van der Waals surface area (Å²) in [7, 11) is 0. The fourth-order valence-corrected chi connectivity index (χ4v) is 2.60. The van der Waals surface area contributed by atoms with Gasteiger partial charge in [-0.05, 0) is 55.8 Å². The third-order valence-corrected chi connectivity index (χ3v) is 4.05. The van der Waals surface area contributed by atoms with Gasteiger partial charge in [-0.1, -0.05) is 12.1 Å². The van der Waals surface area contributed by atoms with Crippen molar-refractivity contribution in [3.8, 4) is 11.3 Å². The number of hydrogen-bond acceptors (Lipinski definition) is 5. The Morgan fingerprint density at radius 2 is 1.88 bits per heavy atom. The van der Waals surface area contributed by atoms with Crippen LogP contribution in [0.2, 0.25) is 0 Å². The van der Waals surface area contributed by atoms with Gasteiger partial charge in [-0.3, -0.25) is 4.79 Å². The molecule has 0 saturated heterocycles. The maximum Gasteiger partial charge on any atom is 0.251 e. The zero-order chi connectivity index (χ0) is 18.5. The third-order valence-electron chi connectivity index (χ3n) is 4.05. The predicted molar refractivity (Wildman–Crippen MR) is 104 cm³/mol. The molecule has 0 atom stereocenters. The van der Waals surface area contributed by atoms with E-state index in [2.05, 4.69) is 20.6 Å². The summed E-state index contributed by atoms with van der Waals surface area (Å²) in [4.78, 5) is 20.6. The van der Waals surface area contributed by atoms with Gasteiger partial charge in [0.1, 0.15) is 0 Å². The van der Waals surface area contributed by atoms with Crippen molar-refractivity contribution in [2.24, 2.45) is 0 Å². The zero-order valence-electron chi connectivity index (χ0n) is 14.8. The lowest BCUT2D eigenvalue weighted by Crippen LogP contribution is -2.22. The van der Waals surface area contributed by atoms with E-state index in [1.807, 2.05) is 50.2 Å². The number of amides is 1. The van der Waals surface area contributed by atoms with Crippen molar-refractivity contribution in [2.45, 2.75) is 13.8 Å². The van der Waals surface area contributed by atoms with Gasteiger partial charge in [-0.25, -0.2) is 9.97 Å². The lowest BCUT2D eigenvalue weighted by Gasteiger charge is -2.10. The summed E-state index contributed by atoms with van der Waals surface area (Å²) >= 11 is 0. The van der Waals surface area contributed by atoms with Gasteiger partial charge in [0.2, 0.25) is 5.95 Å². The molecule has 4 N–H and O–H groups in total. The highest BCUT2D eigenvalue weighted by molar-refractivity contribution is 5.94. The van der Waals surface area contributed by atoms with Crippen molar-refractivity contribution in [3.63, 3.8) is 0 Å². The SMILES string of the molecule is CCNC(=O)c1ccc(Nc2nccc(-c3cccc(N)c3C)n2)cc1. The first-order valence-electron chi connectivity index (χ1n) is 8.42. The van der Waals surface area contributed by atoms with Gasteiger partial charge in [0.25, 0.3) is 5.91 Å². The van der Waals surface area contributed by atoms with Gasteiger partial charge in [0.05, 0.1) is 5.69 Å². The van der Waals surface area contributed by atoms with Crippen LogP contribution in [0.4, 0.5) is 17.3 Å². The van der Waals surface area contributed by atoms with E-state index >= 15 is 0 Å². The van der Waals surface area contributed by atoms with Crippen LogP contribution in [0.5, 0.6) is 0 Å². The first-order valence-corrected chi connectivity index (χ1v) is 8.42. The lowest BCUT2D eigenvalue weighted by molar-refractivity contribution is 0.0956. The van der Waals surface area contributed by atoms with E-state index in [-0.39, 0.29) is 5.91 Å². The van der Waals surface area contributed by atoms with Crippen molar-refractivity contribution in [2.75, 3.05) is 17.6 Å². The lowest BCUT2D eigenvalue weighted by atomic mass is 10.0. The Morgan fingerprint density at radius 3 is 2.62 bits per heavy atom. The van der Waals surface area contributed by atoms with Crippen LogP contribution in [0.15, 0.2) is 54.7 Å². The van der Waals surface area contributed by atoms with Crippen LogP contribution in [0.25, 0.3) is 11.3 Å². The normalized spacial score (nSPS) is 10.4. The largest absolute Gasteiger partial charge is 0.398 e. The van der Waals surface area contributed by atoms with Crippen molar-refractivity contribution >= 4 is 23.2 Å². The van der Waals surface area contributed by atoms with Crippen LogP contribution in [-0.4, -0.2) is 22.4 Å². The molecule has 6 nitrogen and oxygen atoms in total. The van der Waals surface area contributed by atoms with E-state index in [1.165, 1.54) is 0 Å². The summed E-state index contributed by atoms with van der Waals surface area (Å²) in [6, 6.07) is 14.8. The van der Waals surface area contributed by atoms with E-state index in [0.717, 1.165) is 28.2 Å². The number of benzene rings is 2. The molecule has 3 rings (SSSR count). The molecular formula is C20H21N5O. The minimum atomic E-state index is -0.0885. The second-order valence-corrected chi connectivity index (χ2v) is 5.85. The molecule has 1 amide bonds. The number of nitrogens with zero attached hydrogens (tertiary/aromatic N) is 2. The molecule has 132 valence electrons. The van der Waals surface area contributed by atoms with Crippen LogP contribution in [0, 0.1) is 6.92 Å². The Hall–Kier alpha value is -3.41. The van der Waals surface area contributed by atoms with Crippen LogP contribution >= 0.6 is 0 Å². The summed E-state index contributed by atoms with van der Waals surface area (Å²) in [6.07, 6.45) is 1.70. The Kier molecular flexibility index (Phi) is 5.12. The summed E-state index contributed by atoms with van der Waals surface area (Å²) in [5.41, 5.74) is 10.9. The fourth-order valence-electron chi connectivity index (χ4n) is 2.60. The molecule has 0 aliphatic carbocycles. The summed E-state index contributed by atoms with van der Waals surface area (Å²) in [5.74, 6) is 0.393. The maximum atomic E-state index is 11.8. The van der Waals surface area contributed by atoms with E-state index < -0.39 is 0 Å². The molecule has 6 heteroatoms. The van der Waals surface area contributed by atoms with E-state index in [9.17, 15) is 4.79 Å². The molecule has 0 radical (unpaired) electrons. The third kappa shape index (κ3) is 3.80. The second-order valence-electron chi connectivity index (χ2n) is 5.85. The Balaban J connectivity index is 1.81. The molecule has 1 aromatic heterocycles. The summed E-state index contributed by atoms with van der Waals surface area (Å²) in [5, 5.41) is 5.93. The zero-order valence-corrected chi connectivity index (χ0v) is 14.8. The number of carbonyl (C=O) groups excluding carboxylic acids is 1. The van der Waals surface area contributed by atoms with E-state index in [0.29, 0.717) is 18.1 Å². The van der Waals surface area contributed by atoms with E-state index in [1.54, 1.807) is 18.3 Å². The number of hydrogen-bond donors (Lipinski definition) is 3. The topological polar surface area (TPSA) is 92.9 Å². The molecule has 1 heterocycles.